The van der Waals surface area contributed by atoms with Crippen LogP contribution in [0.25, 0.3) is 0 Å². The lowest BCUT2D eigenvalue weighted by molar-refractivity contribution is 0.0133. The summed E-state index contributed by atoms with van der Waals surface area (Å²) in [6.45, 7) is 11.0. The molecule has 0 aromatic carbocycles. The Morgan fingerprint density at radius 3 is 2.40 bits per heavy atom. The standard InChI is InChI=1S/C13H27NO/c1-6-10(4)13-12(14-13)8-7-11(5)15-9(2)3/h9-14H,6-8H2,1-5H3/t10?,11-,12?,13?/m0/s1. The Kier molecular flexibility index (Phi) is 5.07. The van der Waals surface area contributed by atoms with Crippen LogP contribution < -0.4 is 5.32 Å². The first kappa shape index (κ1) is 13.0. The highest BCUT2D eigenvalue weighted by atomic mass is 16.5. The smallest absolute Gasteiger partial charge is 0.0551 e. The second-order valence-corrected chi connectivity index (χ2v) is 5.26. The van der Waals surface area contributed by atoms with Crippen molar-refractivity contribution in [3.63, 3.8) is 0 Å². The molecule has 1 heterocycles. The van der Waals surface area contributed by atoms with Crippen LogP contribution in [-0.2, 0) is 4.74 Å². The largest absolute Gasteiger partial charge is 0.376 e. The van der Waals surface area contributed by atoms with Gasteiger partial charge >= 0.3 is 0 Å². The van der Waals surface area contributed by atoms with Gasteiger partial charge in [-0.1, -0.05) is 20.3 Å². The summed E-state index contributed by atoms with van der Waals surface area (Å²) in [5, 5.41) is 3.57. The zero-order valence-corrected chi connectivity index (χ0v) is 10.9. The number of hydrogen-bond acceptors (Lipinski definition) is 2. The molecule has 1 aliphatic heterocycles. The molecule has 0 bridgehead atoms. The monoisotopic (exact) mass is 213 g/mol. The van der Waals surface area contributed by atoms with Crippen LogP contribution in [0, 0.1) is 5.92 Å². The molecule has 90 valence electrons. The predicted molar refractivity (Wildman–Crippen MR) is 65.1 cm³/mol. The lowest BCUT2D eigenvalue weighted by Gasteiger charge is -2.15. The molecular weight excluding hydrogens is 186 g/mol. The molecule has 1 saturated heterocycles. The molecule has 0 amide bonds. The fourth-order valence-corrected chi connectivity index (χ4v) is 2.22. The van der Waals surface area contributed by atoms with Crippen molar-refractivity contribution in [2.75, 3.05) is 0 Å². The molecule has 1 N–H and O–H groups in total. The van der Waals surface area contributed by atoms with E-state index in [1.165, 1.54) is 19.3 Å². The Labute approximate surface area is 94.8 Å². The third kappa shape index (κ3) is 4.52. The Balaban J connectivity index is 2.07. The summed E-state index contributed by atoms with van der Waals surface area (Å²) >= 11 is 0. The molecule has 1 rings (SSSR count). The van der Waals surface area contributed by atoms with Gasteiger partial charge in [0.05, 0.1) is 12.2 Å². The quantitative estimate of drug-likeness (QED) is 0.659. The van der Waals surface area contributed by atoms with Gasteiger partial charge in [-0.2, -0.15) is 0 Å². The Bertz CT molecular complexity index is 181. The summed E-state index contributed by atoms with van der Waals surface area (Å²) < 4.78 is 5.72. The Morgan fingerprint density at radius 1 is 1.20 bits per heavy atom. The van der Waals surface area contributed by atoms with Gasteiger partial charge < -0.3 is 10.1 Å². The summed E-state index contributed by atoms with van der Waals surface area (Å²) in [6, 6.07) is 1.54. The molecule has 2 nitrogen and oxygen atoms in total. The van der Waals surface area contributed by atoms with Gasteiger partial charge in [0.2, 0.25) is 0 Å². The topological polar surface area (TPSA) is 31.2 Å². The van der Waals surface area contributed by atoms with E-state index in [2.05, 4.69) is 39.9 Å². The van der Waals surface area contributed by atoms with Crippen molar-refractivity contribution < 1.29 is 4.74 Å². The molecule has 0 aromatic heterocycles. The maximum Gasteiger partial charge on any atom is 0.0551 e. The summed E-state index contributed by atoms with van der Waals surface area (Å²) in [7, 11) is 0. The van der Waals surface area contributed by atoms with Crippen LogP contribution in [0.5, 0.6) is 0 Å². The van der Waals surface area contributed by atoms with Gasteiger partial charge in [0.15, 0.2) is 0 Å². The van der Waals surface area contributed by atoms with Gasteiger partial charge in [0, 0.05) is 12.1 Å². The lowest BCUT2D eigenvalue weighted by Crippen LogP contribution is -2.15. The number of ether oxygens (including phenoxy) is 1. The van der Waals surface area contributed by atoms with Gasteiger partial charge in [-0.25, -0.2) is 0 Å². The van der Waals surface area contributed by atoms with Gasteiger partial charge in [-0.3, -0.25) is 0 Å². The molecule has 15 heavy (non-hydrogen) atoms. The van der Waals surface area contributed by atoms with Gasteiger partial charge in [0.1, 0.15) is 0 Å². The van der Waals surface area contributed by atoms with Crippen molar-refractivity contribution in [2.45, 2.75) is 78.2 Å². The first-order valence-electron chi connectivity index (χ1n) is 6.46. The van der Waals surface area contributed by atoms with Crippen LogP contribution >= 0.6 is 0 Å². The number of hydrogen-bond donors (Lipinski definition) is 1. The minimum Gasteiger partial charge on any atom is -0.376 e. The van der Waals surface area contributed by atoms with Crippen molar-refractivity contribution >= 4 is 0 Å². The Morgan fingerprint density at radius 2 is 1.87 bits per heavy atom. The van der Waals surface area contributed by atoms with Gasteiger partial charge in [-0.05, 0) is 39.5 Å². The molecule has 1 aliphatic rings. The fourth-order valence-electron chi connectivity index (χ4n) is 2.22. The van der Waals surface area contributed by atoms with E-state index in [1.807, 2.05) is 0 Å². The van der Waals surface area contributed by atoms with Gasteiger partial charge in [0.25, 0.3) is 0 Å². The second-order valence-electron chi connectivity index (χ2n) is 5.26. The first-order valence-corrected chi connectivity index (χ1v) is 6.46. The maximum atomic E-state index is 5.72. The normalized spacial score (nSPS) is 29.2. The van der Waals surface area contributed by atoms with Crippen LogP contribution in [-0.4, -0.2) is 24.3 Å². The zero-order valence-electron chi connectivity index (χ0n) is 10.9. The molecule has 0 spiro atoms. The van der Waals surface area contributed by atoms with E-state index in [-0.39, 0.29) is 0 Å². The van der Waals surface area contributed by atoms with E-state index in [0.29, 0.717) is 12.2 Å². The van der Waals surface area contributed by atoms with Crippen molar-refractivity contribution in [3.8, 4) is 0 Å². The highest BCUT2D eigenvalue weighted by Crippen LogP contribution is 2.26. The fraction of sp³-hybridized carbons (Fsp3) is 1.00. The van der Waals surface area contributed by atoms with E-state index in [1.54, 1.807) is 0 Å². The molecule has 0 saturated carbocycles. The van der Waals surface area contributed by atoms with Crippen molar-refractivity contribution in [1.29, 1.82) is 0 Å². The lowest BCUT2D eigenvalue weighted by atomic mass is 10.00. The third-order valence-corrected chi connectivity index (χ3v) is 3.38. The molecule has 2 heteroatoms. The summed E-state index contributed by atoms with van der Waals surface area (Å²) in [5.74, 6) is 0.830. The average molecular weight is 213 g/mol. The minimum absolute atomic E-state index is 0.359. The van der Waals surface area contributed by atoms with Crippen LogP contribution in [0.3, 0.4) is 0 Å². The third-order valence-electron chi connectivity index (χ3n) is 3.38. The molecule has 1 fully saturated rings. The van der Waals surface area contributed by atoms with Gasteiger partial charge in [-0.15, -0.1) is 0 Å². The second kappa shape index (κ2) is 5.86. The molecule has 3 unspecified atom stereocenters. The first-order chi connectivity index (χ1) is 7.04. The van der Waals surface area contributed by atoms with E-state index in [4.69, 9.17) is 4.74 Å². The van der Waals surface area contributed by atoms with E-state index >= 15 is 0 Å². The average Bonchev–Trinajstić information content (AvgIpc) is 2.91. The molecule has 0 aromatic rings. The van der Waals surface area contributed by atoms with E-state index < -0.39 is 0 Å². The predicted octanol–water partition coefficient (Wildman–Crippen LogP) is 2.97. The van der Waals surface area contributed by atoms with E-state index in [9.17, 15) is 0 Å². The van der Waals surface area contributed by atoms with Crippen LogP contribution in [0.1, 0.15) is 53.9 Å². The highest BCUT2D eigenvalue weighted by molar-refractivity contribution is 5.00. The van der Waals surface area contributed by atoms with Crippen molar-refractivity contribution in [2.24, 2.45) is 5.92 Å². The summed E-state index contributed by atoms with van der Waals surface area (Å²) in [4.78, 5) is 0. The Hall–Kier alpha value is -0.0800. The molecule has 0 radical (unpaired) electrons. The highest BCUT2D eigenvalue weighted by Gasteiger charge is 2.38. The zero-order chi connectivity index (χ0) is 11.4. The van der Waals surface area contributed by atoms with Crippen molar-refractivity contribution in [3.05, 3.63) is 0 Å². The van der Waals surface area contributed by atoms with Crippen LogP contribution in [0.15, 0.2) is 0 Å². The van der Waals surface area contributed by atoms with Crippen LogP contribution in [0.4, 0.5) is 0 Å². The minimum atomic E-state index is 0.359. The molecular formula is C13H27NO. The SMILES string of the molecule is CCC(C)C1NC1CC[C@H](C)OC(C)C. The number of rotatable bonds is 7. The number of nitrogens with one attached hydrogen (secondary N) is 1. The summed E-state index contributed by atoms with van der Waals surface area (Å²) in [5.41, 5.74) is 0. The van der Waals surface area contributed by atoms with E-state index in [0.717, 1.165) is 18.0 Å². The van der Waals surface area contributed by atoms with Crippen molar-refractivity contribution in [1.82, 2.24) is 5.32 Å². The van der Waals surface area contributed by atoms with Crippen LogP contribution in [0.2, 0.25) is 0 Å². The molecule has 4 atom stereocenters. The maximum absolute atomic E-state index is 5.72. The summed E-state index contributed by atoms with van der Waals surface area (Å²) in [6.07, 6.45) is 4.50. The molecule has 0 aliphatic carbocycles.